The second-order valence-electron chi connectivity index (χ2n) is 4.27. The minimum Gasteiger partial charge on any atom is -0.470 e. The zero-order valence-corrected chi connectivity index (χ0v) is 12.0. The van der Waals surface area contributed by atoms with Gasteiger partial charge < -0.3 is 4.74 Å². The van der Waals surface area contributed by atoms with Crippen molar-refractivity contribution in [1.29, 1.82) is 0 Å². The quantitative estimate of drug-likeness (QED) is 0.794. The van der Waals surface area contributed by atoms with Gasteiger partial charge >= 0.3 is 0 Å². The van der Waals surface area contributed by atoms with Crippen LogP contribution in [0.4, 0.5) is 0 Å². The zero-order chi connectivity index (χ0) is 13.3. The van der Waals surface area contributed by atoms with Crippen molar-refractivity contribution >= 4 is 27.4 Å². The molecule has 2 heterocycles. The molecule has 0 spiro atoms. The molecular formula is C11H15NO4S2. The van der Waals surface area contributed by atoms with Crippen molar-refractivity contribution in [3.63, 3.8) is 0 Å². The Morgan fingerprint density at radius 3 is 2.78 bits per heavy atom. The molecule has 0 fully saturated rings. The van der Waals surface area contributed by atoms with E-state index in [0.29, 0.717) is 5.90 Å². The molecule has 0 bridgehead atoms. The van der Waals surface area contributed by atoms with E-state index in [1.165, 1.54) is 0 Å². The lowest BCUT2D eigenvalue weighted by Crippen LogP contribution is -2.21. The summed E-state index contributed by atoms with van der Waals surface area (Å²) in [4.78, 5) is 5.31. The Balaban J connectivity index is 2.11. The largest absolute Gasteiger partial charge is 0.470 e. The molecule has 1 aliphatic rings. The summed E-state index contributed by atoms with van der Waals surface area (Å²) in [5.74, 6) is 0.563. The Bertz CT molecular complexity index is 561. The van der Waals surface area contributed by atoms with Crippen LogP contribution in [0, 0.1) is 6.92 Å². The Morgan fingerprint density at radius 1 is 1.50 bits per heavy atom. The van der Waals surface area contributed by atoms with Gasteiger partial charge in [-0.3, -0.25) is 4.18 Å². The van der Waals surface area contributed by atoms with Crippen LogP contribution in [0.3, 0.4) is 0 Å². The number of hydrogen-bond acceptors (Lipinski definition) is 6. The second-order valence-corrected chi connectivity index (χ2v) is 6.86. The van der Waals surface area contributed by atoms with Gasteiger partial charge in [-0.25, -0.2) is 4.99 Å². The third-order valence-electron chi connectivity index (χ3n) is 2.48. The SMILES string of the molecule is CC1=N[C@H](COS(C)(=O)=O)[C@H](c2cc(C)cs2)O1. The van der Waals surface area contributed by atoms with Crippen molar-refractivity contribution in [3.8, 4) is 0 Å². The van der Waals surface area contributed by atoms with Crippen LogP contribution in [-0.4, -0.2) is 33.2 Å². The molecule has 5 nitrogen and oxygen atoms in total. The fourth-order valence-corrected chi connectivity index (χ4v) is 3.13. The molecule has 100 valence electrons. The average molecular weight is 289 g/mol. The van der Waals surface area contributed by atoms with Crippen LogP contribution >= 0.6 is 11.3 Å². The van der Waals surface area contributed by atoms with Crippen molar-refractivity contribution < 1.29 is 17.3 Å². The highest BCUT2D eigenvalue weighted by Gasteiger charge is 2.32. The molecule has 1 aromatic heterocycles. The highest BCUT2D eigenvalue weighted by atomic mass is 32.2. The first-order valence-corrected chi connectivity index (χ1v) is 8.15. The normalized spacial score (nSPS) is 23.8. The van der Waals surface area contributed by atoms with Gasteiger partial charge in [0.25, 0.3) is 10.1 Å². The highest BCUT2D eigenvalue weighted by molar-refractivity contribution is 7.85. The number of aliphatic imine (C=N–C) groups is 1. The predicted octanol–water partition coefficient (Wildman–Crippen LogP) is 1.89. The summed E-state index contributed by atoms with van der Waals surface area (Å²) in [5, 5.41) is 2.03. The lowest BCUT2D eigenvalue weighted by Gasteiger charge is -2.15. The van der Waals surface area contributed by atoms with Gasteiger partial charge in [-0.2, -0.15) is 8.42 Å². The molecule has 1 aliphatic heterocycles. The Kier molecular flexibility index (Phi) is 3.74. The lowest BCUT2D eigenvalue weighted by atomic mass is 10.1. The molecule has 0 aromatic carbocycles. The van der Waals surface area contributed by atoms with Crippen LogP contribution in [0.15, 0.2) is 16.4 Å². The predicted molar refractivity (Wildman–Crippen MR) is 70.6 cm³/mol. The molecule has 0 saturated heterocycles. The van der Waals surface area contributed by atoms with E-state index in [9.17, 15) is 8.42 Å². The number of thiophene rings is 1. The summed E-state index contributed by atoms with van der Waals surface area (Å²) in [6.07, 6.45) is 0.786. The maximum Gasteiger partial charge on any atom is 0.264 e. The van der Waals surface area contributed by atoms with Crippen molar-refractivity contribution in [2.75, 3.05) is 12.9 Å². The first-order chi connectivity index (χ1) is 8.35. The van der Waals surface area contributed by atoms with Crippen molar-refractivity contribution in [3.05, 3.63) is 21.9 Å². The Morgan fingerprint density at radius 2 is 2.22 bits per heavy atom. The number of hydrogen-bond donors (Lipinski definition) is 0. The average Bonchev–Trinajstić information content (AvgIpc) is 2.80. The van der Waals surface area contributed by atoms with Gasteiger partial charge in [-0.15, -0.1) is 11.3 Å². The van der Waals surface area contributed by atoms with E-state index in [0.717, 1.165) is 16.7 Å². The second kappa shape index (κ2) is 4.99. The monoisotopic (exact) mass is 289 g/mol. The molecule has 0 radical (unpaired) electrons. The van der Waals surface area contributed by atoms with E-state index < -0.39 is 10.1 Å². The van der Waals surface area contributed by atoms with E-state index in [-0.39, 0.29) is 18.8 Å². The van der Waals surface area contributed by atoms with E-state index in [1.807, 2.05) is 18.4 Å². The topological polar surface area (TPSA) is 65.0 Å². The molecule has 0 unspecified atom stereocenters. The summed E-state index contributed by atoms with van der Waals surface area (Å²) in [6.45, 7) is 3.77. The van der Waals surface area contributed by atoms with Crippen LogP contribution in [0.25, 0.3) is 0 Å². The van der Waals surface area contributed by atoms with Gasteiger partial charge in [-0.1, -0.05) is 0 Å². The smallest absolute Gasteiger partial charge is 0.264 e. The van der Waals surface area contributed by atoms with Gasteiger partial charge in [-0.05, 0) is 23.9 Å². The molecule has 1 aromatic rings. The first-order valence-electron chi connectivity index (χ1n) is 5.45. The van der Waals surface area contributed by atoms with Gasteiger partial charge in [0.1, 0.15) is 6.04 Å². The molecule has 0 N–H and O–H groups in total. The van der Waals surface area contributed by atoms with Gasteiger partial charge in [0.15, 0.2) is 12.0 Å². The highest BCUT2D eigenvalue weighted by Crippen LogP contribution is 2.33. The Hall–Kier alpha value is -0.920. The van der Waals surface area contributed by atoms with Crippen LogP contribution in [0.1, 0.15) is 23.5 Å². The molecular weight excluding hydrogens is 274 g/mol. The molecule has 0 aliphatic carbocycles. The van der Waals surface area contributed by atoms with Crippen LogP contribution in [0.2, 0.25) is 0 Å². The maximum absolute atomic E-state index is 11.0. The molecule has 2 atom stereocenters. The van der Waals surface area contributed by atoms with Crippen LogP contribution < -0.4 is 0 Å². The molecule has 0 saturated carbocycles. The van der Waals surface area contributed by atoms with Crippen LogP contribution in [-0.2, 0) is 19.0 Å². The minimum absolute atomic E-state index is 0.0117. The summed E-state index contributed by atoms with van der Waals surface area (Å²) >= 11 is 1.58. The van der Waals surface area contributed by atoms with Gasteiger partial charge in [0.05, 0.1) is 12.9 Å². The lowest BCUT2D eigenvalue weighted by molar-refractivity contribution is 0.165. The standard InChI is InChI=1S/C11H15NO4S2/c1-7-4-10(17-6-7)11-9(12-8(2)16-11)5-15-18(3,13)14/h4,6,9,11H,5H2,1-3H3/t9-,11-/m1/s1. The van der Waals surface area contributed by atoms with E-state index in [2.05, 4.69) is 4.99 Å². The van der Waals surface area contributed by atoms with Gasteiger partial charge in [0.2, 0.25) is 0 Å². The molecule has 7 heteroatoms. The van der Waals surface area contributed by atoms with E-state index in [4.69, 9.17) is 8.92 Å². The number of aryl methyl sites for hydroxylation is 1. The Labute approximate surface area is 111 Å². The van der Waals surface area contributed by atoms with E-state index >= 15 is 0 Å². The fourth-order valence-electron chi connectivity index (χ4n) is 1.76. The summed E-state index contributed by atoms with van der Waals surface area (Å²) in [6, 6.07) is 1.72. The number of rotatable bonds is 4. The van der Waals surface area contributed by atoms with E-state index in [1.54, 1.807) is 18.3 Å². The number of nitrogens with zero attached hydrogens (tertiary/aromatic N) is 1. The van der Waals surface area contributed by atoms with Crippen molar-refractivity contribution in [2.24, 2.45) is 4.99 Å². The fraction of sp³-hybridized carbons (Fsp3) is 0.545. The minimum atomic E-state index is -3.45. The molecule has 0 amide bonds. The van der Waals surface area contributed by atoms with Crippen LogP contribution in [0.5, 0.6) is 0 Å². The van der Waals surface area contributed by atoms with Crippen molar-refractivity contribution in [1.82, 2.24) is 0 Å². The zero-order valence-electron chi connectivity index (χ0n) is 10.4. The molecule has 18 heavy (non-hydrogen) atoms. The summed E-state index contributed by atoms with van der Waals surface area (Å²) in [7, 11) is -3.45. The maximum atomic E-state index is 11.0. The van der Waals surface area contributed by atoms with Gasteiger partial charge in [0, 0.05) is 11.8 Å². The van der Waals surface area contributed by atoms with Crippen molar-refractivity contribution in [2.45, 2.75) is 26.0 Å². The molecule has 2 rings (SSSR count). The number of ether oxygens (including phenoxy) is 1. The summed E-state index contributed by atoms with van der Waals surface area (Å²) < 4.78 is 32.4. The first kappa shape index (κ1) is 13.5. The third-order valence-corrected chi connectivity index (χ3v) is 4.15. The summed E-state index contributed by atoms with van der Waals surface area (Å²) in [5.41, 5.74) is 1.16. The third kappa shape index (κ3) is 3.30.